The third-order valence-electron chi connectivity index (χ3n) is 3.53. The van der Waals surface area contributed by atoms with Crippen LogP contribution in [0.25, 0.3) is 21.9 Å². The SMILES string of the molecule is Cc1cccc2c1c1c(ncn1CCO)c(C)[n+]2[O-]. The zero-order chi connectivity index (χ0) is 13.6. The summed E-state index contributed by atoms with van der Waals surface area (Å²) in [6.45, 7) is 4.27. The first-order valence-electron chi connectivity index (χ1n) is 6.22. The second kappa shape index (κ2) is 4.20. The van der Waals surface area contributed by atoms with Crippen LogP contribution >= 0.6 is 0 Å². The number of aryl methyl sites for hydroxylation is 2. The Morgan fingerprint density at radius 3 is 2.89 bits per heavy atom. The molecule has 0 aliphatic heterocycles. The Labute approximate surface area is 110 Å². The Kier molecular flexibility index (Phi) is 2.64. The van der Waals surface area contributed by atoms with Gasteiger partial charge in [0.1, 0.15) is 0 Å². The summed E-state index contributed by atoms with van der Waals surface area (Å²) >= 11 is 0. The van der Waals surface area contributed by atoms with Crippen LogP contribution in [0.2, 0.25) is 0 Å². The lowest BCUT2D eigenvalue weighted by molar-refractivity contribution is -0.582. The first-order valence-corrected chi connectivity index (χ1v) is 6.22. The van der Waals surface area contributed by atoms with Gasteiger partial charge in [0, 0.05) is 19.5 Å². The van der Waals surface area contributed by atoms with Crippen LogP contribution in [0.1, 0.15) is 11.3 Å². The number of rotatable bonds is 2. The Morgan fingerprint density at radius 1 is 1.37 bits per heavy atom. The third kappa shape index (κ3) is 1.58. The number of nitrogens with zero attached hydrogens (tertiary/aromatic N) is 3. The minimum atomic E-state index is 0.0458. The number of benzene rings is 1. The molecule has 3 aromatic rings. The summed E-state index contributed by atoms with van der Waals surface area (Å²) in [5, 5.41) is 22.3. The molecule has 0 aliphatic carbocycles. The Bertz CT molecular complexity index is 777. The van der Waals surface area contributed by atoms with Gasteiger partial charge in [0.25, 0.3) is 0 Å². The average Bonchev–Trinajstić information content (AvgIpc) is 2.80. The monoisotopic (exact) mass is 257 g/mol. The van der Waals surface area contributed by atoms with Crippen LogP contribution in [0, 0.1) is 19.1 Å². The molecule has 2 heterocycles. The lowest BCUT2D eigenvalue weighted by atomic mass is 10.1. The average molecular weight is 257 g/mol. The quantitative estimate of drug-likeness (QED) is 0.558. The van der Waals surface area contributed by atoms with Crippen molar-refractivity contribution in [2.24, 2.45) is 0 Å². The van der Waals surface area contributed by atoms with E-state index in [1.807, 2.05) is 29.7 Å². The Hall–Kier alpha value is -2.14. The molecule has 0 unspecified atom stereocenters. The van der Waals surface area contributed by atoms with Gasteiger partial charge < -0.3 is 14.9 Å². The van der Waals surface area contributed by atoms with Crippen LogP contribution in [0.15, 0.2) is 24.5 Å². The molecule has 98 valence electrons. The lowest BCUT2D eigenvalue weighted by Crippen LogP contribution is -2.31. The molecule has 0 fully saturated rings. The van der Waals surface area contributed by atoms with Gasteiger partial charge in [-0.1, -0.05) is 12.1 Å². The van der Waals surface area contributed by atoms with Gasteiger partial charge in [-0.05, 0) is 12.5 Å². The van der Waals surface area contributed by atoms with Gasteiger partial charge in [0.2, 0.25) is 11.2 Å². The zero-order valence-electron chi connectivity index (χ0n) is 10.9. The van der Waals surface area contributed by atoms with E-state index in [-0.39, 0.29) is 6.61 Å². The number of hydrogen-bond acceptors (Lipinski definition) is 3. The summed E-state index contributed by atoms with van der Waals surface area (Å²) in [5.41, 5.74) is 3.89. The molecule has 0 bridgehead atoms. The normalized spacial score (nSPS) is 11.5. The van der Waals surface area contributed by atoms with E-state index in [1.54, 1.807) is 13.3 Å². The number of hydrogen-bond donors (Lipinski definition) is 1. The van der Waals surface area contributed by atoms with Crippen LogP contribution in [0.3, 0.4) is 0 Å². The maximum absolute atomic E-state index is 12.3. The molecule has 5 nitrogen and oxygen atoms in total. The van der Waals surface area contributed by atoms with E-state index >= 15 is 0 Å². The summed E-state index contributed by atoms with van der Waals surface area (Å²) in [7, 11) is 0. The zero-order valence-corrected chi connectivity index (χ0v) is 10.9. The summed E-state index contributed by atoms with van der Waals surface area (Å²) in [4.78, 5) is 4.32. The van der Waals surface area contributed by atoms with Crippen LogP contribution in [0.5, 0.6) is 0 Å². The standard InChI is InChI=1S/C14H15N3O2/c1-9-4-3-5-11-12(9)14-13(10(2)17(11)19)15-8-16(14)6-7-18/h3-5,8,18H,6-7H2,1-2H3. The van der Waals surface area contributed by atoms with E-state index < -0.39 is 0 Å². The van der Waals surface area contributed by atoms with E-state index in [0.717, 1.165) is 21.2 Å². The van der Waals surface area contributed by atoms with E-state index in [1.165, 1.54) is 0 Å². The molecule has 0 radical (unpaired) electrons. The highest BCUT2D eigenvalue weighted by molar-refractivity contribution is 6.03. The molecular weight excluding hydrogens is 242 g/mol. The maximum atomic E-state index is 12.3. The fraction of sp³-hybridized carbons (Fsp3) is 0.286. The van der Waals surface area contributed by atoms with Gasteiger partial charge in [0.05, 0.1) is 23.8 Å². The number of pyridine rings is 1. The van der Waals surface area contributed by atoms with E-state index in [0.29, 0.717) is 23.3 Å². The third-order valence-corrected chi connectivity index (χ3v) is 3.53. The summed E-state index contributed by atoms with van der Waals surface area (Å²) in [6, 6.07) is 5.68. The van der Waals surface area contributed by atoms with Crippen molar-refractivity contribution in [3.63, 3.8) is 0 Å². The predicted octanol–water partition coefficient (Wildman–Crippen LogP) is 1.43. The van der Waals surface area contributed by atoms with E-state index in [2.05, 4.69) is 4.98 Å². The number of fused-ring (bicyclic) bond motifs is 3. The highest BCUT2D eigenvalue weighted by Gasteiger charge is 2.19. The maximum Gasteiger partial charge on any atom is 0.226 e. The second-order valence-corrected chi connectivity index (χ2v) is 4.71. The predicted molar refractivity (Wildman–Crippen MR) is 72.8 cm³/mol. The minimum Gasteiger partial charge on any atom is -0.618 e. The molecule has 5 heteroatoms. The van der Waals surface area contributed by atoms with Crippen LogP contribution in [0.4, 0.5) is 0 Å². The van der Waals surface area contributed by atoms with Crippen LogP contribution < -0.4 is 4.73 Å². The van der Waals surface area contributed by atoms with Crippen molar-refractivity contribution in [2.45, 2.75) is 20.4 Å². The topological polar surface area (TPSA) is 65.0 Å². The molecule has 1 aromatic carbocycles. The van der Waals surface area contributed by atoms with Gasteiger partial charge in [-0.25, -0.2) is 4.98 Å². The number of aromatic nitrogens is 3. The highest BCUT2D eigenvalue weighted by Crippen LogP contribution is 2.26. The Morgan fingerprint density at radius 2 is 2.16 bits per heavy atom. The molecule has 19 heavy (non-hydrogen) atoms. The largest absolute Gasteiger partial charge is 0.618 e. The van der Waals surface area contributed by atoms with Crippen LogP contribution in [-0.4, -0.2) is 21.3 Å². The molecule has 0 amide bonds. The van der Waals surface area contributed by atoms with E-state index in [4.69, 9.17) is 5.11 Å². The molecule has 2 aromatic heterocycles. The second-order valence-electron chi connectivity index (χ2n) is 4.71. The lowest BCUT2D eigenvalue weighted by Gasteiger charge is -2.10. The van der Waals surface area contributed by atoms with Gasteiger partial charge in [0.15, 0.2) is 5.52 Å². The van der Waals surface area contributed by atoms with E-state index in [9.17, 15) is 5.21 Å². The minimum absolute atomic E-state index is 0.0458. The molecule has 0 spiro atoms. The van der Waals surface area contributed by atoms with Crippen molar-refractivity contribution in [3.05, 3.63) is 41.0 Å². The fourth-order valence-corrected chi connectivity index (χ4v) is 2.59. The van der Waals surface area contributed by atoms with Gasteiger partial charge in [-0.2, -0.15) is 4.73 Å². The number of aliphatic hydroxyl groups is 1. The van der Waals surface area contributed by atoms with Crippen LogP contribution in [-0.2, 0) is 6.54 Å². The fourth-order valence-electron chi connectivity index (χ4n) is 2.59. The van der Waals surface area contributed by atoms with Crippen molar-refractivity contribution in [3.8, 4) is 0 Å². The van der Waals surface area contributed by atoms with Crippen molar-refractivity contribution >= 4 is 21.9 Å². The molecule has 0 aliphatic rings. The van der Waals surface area contributed by atoms with Gasteiger partial charge in [-0.3, -0.25) is 0 Å². The molecule has 1 N–H and O–H groups in total. The molecule has 0 saturated heterocycles. The molecule has 0 atom stereocenters. The summed E-state index contributed by atoms with van der Waals surface area (Å²) < 4.78 is 2.83. The first kappa shape index (κ1) is 11.9. The van der Waals surface area contributed by atoms with Crippen molar-refractivity contribution in [2.75, 3.05) is 6.61 Å². The van der Waals surface area contributed by atoms with Gasteiger partial charge >= 0.3 is 0 Å². The molecule has 3 rings (SSSR count). The van der Waals surface area contributed by atoms with Crippen molar-refractivity contribution in [1.82, 2.24) is 9.55 Å². The number of aliphatic hydroxyl groups excluding tert-OH is 1. The molecular formula is C14H15N3O2. The van der Waals surface area contributed by atoms with Crippen molar-refractivity contribution in [1.29, 1.82) is 0 Å². The van der Waals surface area contributed by atoms with Gasteiger partial charge in [-0.15, -0.1) is 0 Å². The smallest absolute Gasteiger partial charge is 0.226 e. The highest BCUT2D eigenvalue weighted by atomic mass is 16.5. The molecule has 0 saturated carbocycles. The Balaban J connectivity index is 2.58. The summed E-state index contributed by atoms with van der Waals surface area (Å²) in [5.74, 6) is 0. The first-order chi connectivity index (χ1) is 9.15. The number of imidazole rings is 1. The summed E-state index contributed by atoms with van der Waals surface area (Å²) in [6.07, 6.45) is 1.68. The van der Waals surface area contributed by atoms with Crippen molar-refractivity contribution < 1.29 is 9.84 Å².